The zero-order valence-electron chi connectivity index (χ0n) is 5.37. The summed E-state index contributed by atoms with van der Waals surface area (Å²) in [6, 6.07) is 0. The summed E-state index contributed by atoms with van der Waals surface area (Å²) in [6.45, 7) is 0. The molecule has 5 nitrogen and oxygen atoms in total. The lowest BCUT2D eigenvalue weighted by molar-refractivity contribution is 1.08. The van der Waals surface area contributed by atoms with Crippen molar-refractivity contribution in [3.63, 3.8) is 0 Å². The third-order valence-electron chi connectivity index (χ3n) is 1.25. The lowest BCUT2D eigenvalue weighted by Gasteiger charge is -1.80. The molecule has 0 radical (unpaired) electrons. The zero-order chi connectivity index (χ0) is 6.97. The average Bonchev–Trinajstić information content (AvgIpc) is 2.36. The third kappa shape index (κ3) is 1.10. The van der Waals surface area contributed by atoms with Crippen molar-refractivity contribution >= 4 is 23.4 Å². The van der Waals surface area contributed by atoms with Crippen LogP contribution in [0.1, 0.15) is 0 Å². The van der Waals surface area contributed by atoms with Gasteiger partial charge in [0.05, 0.1) is 6.33 Å². The SMILES string of the molecule is Cl.O=c1[nH]cnc2n[nH]cc12. The van der Waals surface area contributed by atoms with Gasteiger partial charge in [-0.05, 0) is 0 Å². The fourth-order valence-corrected chi connectivity index (χ4v) is 0.778. The normalized spacial score (nSPS) is 9.45. The number of hydrogen-bond donors (Lipinski definition) is 2. The summed E-state index contributed by atoms with van der Waals surface area (Å²) in [5, 5.41) is 6.76. The van der Waals surface area contributed by atoms with Gasteiger partial charge < -0.3 is 4.98 Å². The minimum absolute atomic E-state index is 0. The van der Waals surface area contributed by atoms with Crippen molar-refractivity contribution in [1.29, 1.82) is 0 Å². The Morgan fingerprint density at radius 2 is 2.27 bits per heavy atom. The van der Waals surface area contributed by atoms with Crippen molar-refractivity contribution in [3.05, 3.63) is 22.9 Å². The number of aromatic nitrogens is 4. The van der Waals surface area contributed by atoms with Crippen LogP contribution < -0.4 is 5.56 Å². The van der Waals surface area contributed by atoms with Crippen LogP contribution in [0.15, 0.2) is 17.3 Å². The Morgan fingerprint density at radius 1 is 1.45 bits per heavy atom. The van der Waals surface area contributed by atoms with Crippen molar-refractivity contribution in [2.45, 2.75) is 0 Å². The lowest BCUT2D eigenvalue weighted by Crippen LogP contribution is -2.04. The molecule has 11 heavy (non-hydrogen) atoms. The molecule has 0 fully saturated rings. The molecule has 0 saturated heterocycles. The Hall–Kier alpha value is -1.36. The van der Waals surface area contributed by atoms with Crippen molar-refractivity contribution in [3.8, 4) is 0 Å². The fourth-order valence-electron chi connectivity index (χ4n) is 0.778. The molecule has 2 rings (SSSR count). The standard InChI is InChI=1S/C5H4N4O.ClH/c10-5-3-1-8-9-4(3)6-2-7-5;/h1-2H,(H2,6,7,8,9,10);1H. The maximum atomic E-state index is 10.9. The highest BCUT2D eigenvalue weighted by Crippen LogP contribution is 1.96. The molecule has 0 atom stereocenters. The fraction of sp³-hybridized carbons (Fsp3) is 0. The van der Waals surface area contributed by atoms with E-state index in [1.54, 1.807) is 0 Å². The van der Waals surface area contributed by atoms with Crippen molar-refractivity contribution in [2.75, 3.05) is 0 Å². The van der Waals surface area contributed by atoms with Crippen molar-refractivity contribution < 1.29 is 0 Å². The number of nitrogens with one attached hydrogen (secondary N) is 2. The van der Waals surface area contributed by atoms with Gasteiger partial charge in [0.25, 0.3) is 5.56 Å². The third-order valence-corrected chi connectivity index (χ3v) is 1.25. The molecule has 2 aromatic rings. The van der Waals surface area contributed by atoms with Crippen molar-refractivity contribution in [2.24, 2.45) is 0 Å². The minimum Gasteiger partial charge on any atom is -0.312 e. The summed E-state index contributed by atoms with van der Waals surface area (Å²) in [6.07, 6.45) is 2.84. The minimum atomic E-state index is -0.168. The van der Waals surface area contributed by atoms with E-state index in [4.69, 9.17) is 0 Å². The quantitative estimate of drug-likeness (QED) is 0.591. The van der Waals surface area contributed by atoms with Crippen LogP contribution in [0.4, 0.5) is 0 Å². The zero-order valence-corrected chi connectivity index (χ0v) is 6.18. The lowest BCUT2D eigenvalue weighted by atomic mass is 10.4. The van der Waals surface area contributed by atoms with Crippen LogP contribution in [0.3, 0.4) is 0 Å². The molecule has 0 spiro atoms. The van der Waals surface area contributed by atoms with Crippen LogP contribution in [-0.4, -0.2) is 20.2 Å². The molecule has 0 amide bonds. The Balaban J connectivity index is 0.000000605. The van der Waals surface area contributed by atoms with Crippen LogP contribution in [0.2, 0.25) is 0 Å². The van der Waals surface area contributed by atoms with E-state index in [2.05, 4.69) is 20.2 Å². The van der Waals surface area contributed by atoms with Gasteiger partial charge in [-0.15, -0.1) is 12.4 Å². The van der Waals surface area contributed by atoms with E-state index < -0.39 is 0 Å². The van der Waals surface area contributed by atoms with Gasteiger partial charge in [0.1, 0.15) is 5.39 Å². The van der Waals surface area contributed by atoms with Crippen LogP contribution in [-0.2, 0) is 0 Å². The number of hydrogen-bond acceptors (Lipinski definition) is 3. The van der Waals surface area contributed by atoms with E-state index in [-0.39, 0.29) is 18.0 Å². The smallest absolute Gasteiger partial charge is 0.261 e. The first-order chi connectivity index (χ1) is 4.88. The molecule has 0 aliphatic carbocycles. The van der Waals surface area contributed by atoms with Gasteiger partial charge >= 0.3 is 0 Å². The average molecular weight is 173 g/mol. The summed E-state index contributed by atoms with van der Waals surface area (Å²) in [7, 11) is 0. The molecule has 0 aliphatic heterocycles. The van der Waals surface area contributed by atoms with E-state index in [9.17, 15) is 4.79 Å². The summed E-state index contributed by atoms with van der Waals surface area (Å²) < 4.78 is 0. The van der Waals surface area contributed by atoms with Gasteiger partial charge in [-0.3, -0.25) is 9.89 Å². The second kappa shape index (κ2) is 2.71. The molecule has 0 saturated carbocycles. The number of halogens is 1. The summed E-state index contributed by atoms with van der Waals surface area (Å²) in [5.74, 6) is 0. The van der Waals surface area contributed by atoms with Gasteiger partial charge in [0.2, 0.25) is 0 Å². The molecule has 2 aromatic heterocycles. The molecule has 2 N–H and O–H groups in total. The summed E-state index contributed by atoms with van der Waals surface area (Å²) >= 11 is 0. The molecule has 6 heteroatoms. The first-order valence-electron chi connectivity index (χ1n) is 2.75. The monoisotopic (exact) mass is 172 g/mol. The van der Waals surface area contributed by atoms with Crippen molar-refractivity contribution in [1.82, 2.24) is 20.2 Å². The van der Waals surface area contributed by atoms with Gasteiger partial charge in [0.15, 0.2) is 5.65 Å². The van der Waals surface area contributed by atoms with Crippen LogP contribution >= 0.6 is 12.4 Å². The molecule has 0 bridgehead atoms. The topological polar surface area (TPSA) is 74.4 Å². The van der Waals surface area contributed by atoms with Gasteiger partial charge in [-0.1, -0.05) is 0 Å². The predicted octanol–water partition coefficient (Wildman–Crippen LogP) is 0.0680. The second-order valence-corrected chi connectivity index (χ2v) is 1.85. The maximum absolute atomic E-state index is 10.9. The van der Waals surface area contributed by atoms with Gasteiger partial charge in [-0.2, -0.15) is 5.10 Å². The molecule has 2 heterocycles. The highest BCUT2D eigenvalue weighted by molar-refractivity contribution is 5.85. The number of nitrogens with zero attached hydrogens (tertiary/aromatic N) is 2. The van der Waals surface area contributed by atoms with E-state index in [1.165, 1.54) is 12.5 Å². The highest BCUT2D eigenvalue weighted by atomic mass is 35.5. The highest BCUT2D eigenvalue weighted by Gasteiger charge is 1.97. The van der Waals surface area contributed by atoms with E-state index >= 15 is 0 Å². The Labute approximate surface area is 67.3 Å². The second-order valence-electron chi connectivity index (χ2n) is 1.85. The number of aromatic amines is 2. The molecular formula is C5H5ClN4O. The molecule has 0 aliphatic rings. The van der Waals surface area contributed by atoms with Gasteiger partial charge in [-0.25, -0.2) is 4.98 Å². The van der Waals surface area contributed by atoms with E-state index in [0.717, 1.165) is 0 Å². The molecule has 58 valence electrons. The molecule has 0 aromatic carbocycles. The van der Waals surface area contributed by atoms with Crippen LogP contribution in [0.25, 0.3) is 11.0 Å². The number of rotatable bonds is 0. The van der Waals surface area contributed by atoms with Crippen LogP contribution in [0, 0.1) is 0 Å². The number of H-pyrrole nitrogens is 2. The Kier molecular flexibility index (Phi) is 1.91. The first kappa shape index (κ1) is 7.74. The largest absolute Gasteiger partial charge is 0.312 e. The predicted molar refractivity (Wildman–Crippen MR) is 41.8 cm³/mol. The maximum Gasteiger partial charge on any atom is 0.261 e. The summed E-state index contributed by atoms with van der Waals surface area (Å²) in [4.78, 5) is 17.1. The first-order valence-corrected chi connectivity index (χ1v) is 2.75. The van der Waals surface area contributed by atoms with E-state index in [0.29, 0.717) is 11.0 Å². The Morgan fingerprint density at radius 3 is 3.00 bits per heavy atom. The molecular weight excluding hydrogens is 168 g/mol. The Bertz CT molecular complexity index is 406. The van der Waals surface area contributed by atoms with Crippen LogP contribution in [0.5, 0.6) is 0 Å². The van der Waals surface area contributed by atoms with Gasteiger partial charge in [0, 0.05) is 6.20 Å². The summed E-state index contributed by atoms with van der Waals surface area (Å²) in [5.41, 5.74) is 0.280. The molecule has 0 unspecified atom stereocenters. The van der Waals surface area contributed by atoms with E-state index in [1.807, 2.05) is 0 Å². The number of fused-ring (bicyclic) bond motifs is 1.